The maximum atomic E-state index is 12.4. The van der Waals surface area contributed by atoms with Crippen molar-refractivity contribution >= 4 is 11.9 Å². The van der Waals surface area contributed by atoms with E-state index in [1.54, 1.807) is 6.92 Å². The second-order valence-corrected chi connectivity index (χ2v) is 5.98. The third-order valence-electron chi connectivity index (χ3n) is 4.68. The lowest BCUT2D eigenvalue weighted by Crippen LogP contribution is -2.45. The van der Waals surface area contributed by atoms with Crippen molar-refractivity contribution in [2.45, 2.75) is 51.2 Å². The molecule has 3 rings (SSSR count). The standard InChI is InChI=1S/C16H21NO5/c1-2-12-10(16(19)20)8-14(22-12)15(18)17-11-4-3-5-13-9(11)6-7-21-13/h8-9,11,13H,2-7H2,1H3,(H,17,18)(H,19,20). The predicted octanol–water partition coefficient (Wildman–Crippen LogP) is 2.23. The van der Waals surface area contributed by atoms with Crippen LogP contribution < -0.4 is 5.32 Å². The van der Waals surface area contributed by atoms with Gasteiger partial charge in [0.05, 0.1) is 6.10 Å². The van der Waals surface area contributed by atoms with E-state index in [1.807, 2.05) is 0 Å². The monoisotopic (exact) mass is 307 g/mol. The number of hydrogen-bond acceptors (Lipinski definition) is 4. The van der Waals surface area contributed by atoms with Gasteiger partial charge in [-0.3, -0.25) is 4.79 Å². The lowest BCUT2D eigenvalue weighted by atomic mass is 9.82. The average molecular weight is 307 g/mol. The number of furan rings is 1. The molecule has 2 fully saturated rings. The molecule has 0 bridgehead atoms. The Kier molecular flexibility index (Phi) is 4.20. The Morgan fingerprint density at radius 3 is 2.86 bits per heavy atom. The van der Waals surface area contributed by atoms with Crippen molar-refractivity contribution in [3.63, 3.8) is 0 Å². The van der Waals surface area contributed by atoms with E-state index in [-0.39, 0.29) is 29.4 Å². The molecule has 0 spiro atoms. The van der Waals surface area contributed by atoms with Crippen LogP contribution >= 0.6 is 0 Å². The summed E-state index contributed by atoms with van der Waals surface area (Å²) in [6.07, 6.45) is 4.68. The summed E-state index contributed by atoms with van der Waals surface area (Å²) < 4.78 is 11.1. The molecule has 1 aliphatic carbocycles. The van der Waals surface area contributed by atoms with Crippen LogP contribution in [0.3, 0.4) is 0 Å². The summed E-state index contributed by atoms with van der Waals surface area (Å²) in [6.45, 7) is 2.56. The lowest BCUT2D eigenvalue weighted by molar-refractivity contribution is 0.0504. The highest BCUT2D eigenvalue weighted by Crippen LogP contribution is 2.34. The zero-order chi connectivity index (χ0) is 15.7. The van der Waals surface area contributed by atoms with Gasteiger partial charge < -0.3 is 19.6 Å². The first-order valence-corrected chi connectivity index (χ1v) is 7.88. The zero-order valence-electron chi connectivity index (χ0n) is 12.6. The lowest BCUT2D eigenvalue weighted by Gasteiger charge is -2.32. The minimum atomic E-state index is -1.07. The Hall–Kier alpha value is -1.82. The second-order valence-electron chi connectivity index (χ2n) is 5.98. The first kappa shape index (κ1) is 15.1. The van der Waals surface area contributed by atoms with Crippen molar-refractivity contribution in [2.75, 3.05) is 6.61 Å². The minimum Gasteiger partial charge on any atom is -0.478 e. The van der Waals surface area contributed by atoms with Gasteiger partial charge in [0.1, 0.15) is 11.3 Å². The molecule has 1 aromatic rings. The summed E-state index contributed by atoms with van der Waals surface area (Å²) in [5.41, 5.74) is 0.0679. The molecule has 0 aromatic carbocycles. The fourth-order valence-electron chi connectivity index (χ4n) is 3.58. The van der Waals surface area contributed by atoms with Crippen LogP contribution in [0.4, 0.5) is 0 Å². The summed E-state index contributed by atoms with van der Waals surface area (Å²) >= 11 is 0. The van der Waals surface area contributed by atoms with Crippen molar-refractivity contribution in [1.29, 1.82) is 0 Å². The molecule has 22 heavy (non-hydrogen) atoms. The van der Waals surface area contributed by atoms with Crippen LogP contribution in [0.2, 0.25) is 0 Å². The predicted molar refractivity (Wildman–Crippen MR) is 78.0 cm³/mol. The quantitative estimate of drug-likeness (QED) is 0.890. The highest BCUT2D eigenvalue weighted by molar-refractivity contribution is 5.96. The van der Waals surface area contributed by atoms with Crippen molar-refractivity contribution < 1.29 is 23.8 Å². The molecule has 1 saturated carbocycles. The van der Waals surface area contributed by atoms with Crippen LogP contribution in [0.15, 0.2) is 10.5 Å². The van der Waals surface area contributed by atoms with Gasteiger partial charge >= 0.3 is 5.97 Å². The first-order chi connectivity index (χ1) is 10.6. The van der Waals surface area contributed by atoms with Gasteiger partial charge in [0.15, 0.2) is 5.76 Å². The highest BCUT2D eigenvalue weighted by atomic mass is 16.5. The van der Waals surface area contributed by atoms with E-state index >= 15 is 0 Å². The van der Waals surface area contributed by atoms with E-state index in [4.69, 9.17) is 14.3 Å². The number of rotatable bonds is 4. The molecule has 3 unspecified atom stereocenters. The maximum absolute atomic E-state index is 12.4. The molecule has 6 nitrogen and oxygen atoms in total. The molecule has 1 saturated heterocycles. The molecule has 2 aliphatic rings. The SMILES string of the molecule is CCc1oc(C(=O)NC2CCCC3OCCC23)cc1C(=O)O. The smallest absolute Gasteiger partial charge is 0.339 e. The Morgan fingerprint density at radius 1 is 1.36 bits per heavy atom. The summed E-state index contributed by atoms with van der Waals surface area (Å²) in [4.78, 5) is 23.5. The number of carbonyl (C=O) groups is 2. The van der Waals surface area contributed by atoms with Crippen LogP contribution in [0, 0.1) is 5.92 Å². The number of aromatic carboxylic acids is 1. The topological polar surface area (TPSA) is 88.8 Å². The van der Waals surface area contributed by atoms with Gasteiger partial charge in [-0.1, -0.05) is 6.92 Å². The summed E-state index contributed by atoms with van der Waals surface area (Å²) in [7, 11) is 0. The van der Waals surface area contributed by atoms with E-state index in [9.17, 15) is 9.59 Å². The number of hydrogen-bond donors (Lipinski definition) is 2. The Labute approximate surface area is 128 Å². The second kappa shape index (κ2) is 6.12. The molecule has 0 radical (unpaired) electrons. The van der Waals surface area contributed by atoms with E-state index < -0.39 is 5.97 Å². The van der Waals surface area contributed by atoms with Crippen molar-refractivity contribution in [2.24, 2.45) is 5.92 Å². The molecule has 1 aliphatic heterocycles. The molecule has 3 atom stereocenters. The summed E-state index contributed by atoms with van der Waals surface area (Å²) in [5.74, 6) is -0.628. The van der Waals surface area contributed by atoms with Gasteiger partial charge in [0, 0.05) is 31.1 Å². The number of amides is 1. The van der Waals surface area contributed by atoms with E-state index in [2.05, 4.69) is 5.32 Å². The molecule has 1 amide bonds. The number of carboxylic acid groups (broad SMARTS) is 1. The molecular formula is C16H21NO5. The van der Waals surface area contributed by atoms with Crippen LogP contribution in [-0.4, -0.2) is 35.7 Å². The van der Waals surface area contributed by atoms with Gasteiger partial charge in [0.2, 0.25) is 0 Å². The Balaban J connectivity index is 1.73. The molecule has 120 valence electrons. The fourth-order valence-corrected chi connectivity index (χ4v) is 3.58. The third-order valence-corrected chi connectivity index (χ3v) is 4.68. The number of carboxylic acids is 1. The highest BCUT2D eigenvalue weighted by Gasteiger charge is 2.38. The molecule has 6 heteroatoms. The third kappa shape index (κ3) is 2.75. The van der Waals surface area contributed by atoms with Gasteiger partial charge in [0.25, 0.3) is 5.91 Å². The van der Waals surface area contributed by atoms with Crippen molar-refractivity contribution in [1.82, 2.24) is 5.32 Å². The number of carbonyl (C=O) groups excluding carboxylic acids is 1. The largest absolute Gasteiger partial charge is 0.478 e. The van der Waals surface area contributed by atoms with Crippen LogP contribution in [0.25, 0.3) is 0 Å². The van der Waals surface area contributed by atoms with Crippen LogP contribution in [-0.2, 0) is 11.2 Å². The Bertz CT molecular complexity index is 579. The summed E-state index contributed by atoms with van der Waals surface area (Å²) in [5, 5.41) is 12.1. The van der Waals surface area contributed by atoms with Gasteiger partial charge in [-0.2, -0.15) is 0 Å². The van der Waals surface area contributed by atoms with Crippen LogP contribution in [0.5, 0.6) is 0 Å². The zero-order valence-corrected chi connectivity index (χ0v) is 12.6. The fraction of sp³-hybridized carbons (Fsp3) is 0.625. The van der Waals surface area contributed by atoms with Gasteiger partial charge in [-0.15, -0.1) is 0 Å². The molecule has 2 heterocycles. The minimum absolute atomic E-state index is 0.0679. The summed E-state index contributed by atoms with van der Waals surface area (Å²) in [6, 6.07) is 1.40. The van der Waals surface area contributed by atoms with E-state index in [0.717, 1.165) is 32.3 Å². The first-order valence-electron chi connectivity index (χ1n) is 7.88. The van der Waals surface area contributed by atoms with Crippen LogP contribution in [0.1, 0.15) is 59.3 Å². The van der Waals surface area contributed by atoms with Gasteiger partial charge in [-0.25, -0.2) is 4.79 Å². The molecular weight excluding hydrogens is 286 g/mol. The van der Waals surface area contributed by atoms with E-state index in [1.165, 1.54) is 6.07 Å². The number of nitrogens with one attached hydrogen (secondary N) is 1. The Morgan fingerprint density at radius 2 is 2.18 bits per heavy atom. The average Bonchev–Trinajstić information content (AvgIpc) is 3.14. The maximum Gasteiger partial charge on any atom is 0.339 e. The number of aryl methyl sites for hydroxylation is 1. The van der Waals surface area contributed by atoms with Gasteiger partial charge in [-0.05, 0) is 25.7 Å². The van der Waals surface area contributed by atoms with Crippen molar-refractivity contribution in [3.05, 3.63) is 23.2 Å². The molecule has 2 N–H and O–H groups in total. The molecule has 1 aromatic heterocycles. The van der Waals surface area contributed by atoms with E-state index in [0.29, 0.717) is 18.1 Å². The normalized spacial score (nSPS) is 27.4. The number of ether oxygens (including phenoxy) is 1. The number of fused-ring (bicyclic) bond motifs is 1. The van der Waals surface area contributed by atoms with Crippen molar-refractivity contribution in [3.8, 4) is 0 Å².